The number of rotatable bonds is 5. The molecule has 1 rings (SSSR count). The van der Waals surface area contributed by atoms with Crippen LogP contribution in [0.2, 0.25) is 0 Å². The Hall–Kier alpha value is -0.750. The lowest BCUT2D eigenvalue weighted by Gasteiger charge is -2.23. The molecule has 1 aromatic carbocycles. The number of nitrogens with zero attached hydrogens (tertiary/aromatic N) is 1. The molecular weight excluding hydrogens is 212 g/mol. The summed E-state index contributed by atoms with van der Waals surface area (Å²) in [6, 6.07) is 7.27. The Morgan fingerprint density at radius 2 is 2.13 bits per heavy atom. The van der Waals surface area contributed by atoms with Crippen LogP contribution in [0.15, 0.2) is 29.2 Å². The minimum absolute atomic E-state index is 0.0688. The highest BCUT2D eigenvalue weighted by atomic mass is 32.2. The van der Waals surface area contributed by atoms with Crippen molar-refractivity contribution in [1.29, 1.82) is 0 Å². The van der Waals surface area contributed by atoms with E-state index in [1.165, 1.54) is 0 Å². The molecule has 0 aliphatic heterocycles. The van der Waals surface area contributed by atoms with E-state index in [4.69, 9.17) is 10.2 Å². The zero-order valence-corrected chi connectivity index (χ0v) is 9.54. The third-order valence-electron chi connectivity index (χ3n) is 2.17. The van der Waals surface area contributed by atoms with Crippen LogP contribution in [0, 0.1) is 0 Å². The fourth-order valence-corrected chi connectivity index (χ4v) is 2.07. The lowest BCUT2D eigenvalue weighted by Crippen LogP contribution is -2.28. The number of anilines is 1. The third kappa shape index (κ3) is 3.10. The van der Waals surface area contributed by atoms with Crippen molar-refractivity contribution >= 4 is 17.0 Å². The molecule has 0 bridgehead atoms. The van der Waals surface area contributed by atoms with Crippen LogP contribution in [-0.2, 0) is 11.4 Å². The Kier molecular flexibility index (Phi) is 4.90. The summed E-state index contributed by atoms with van der Waals surface area (Å²) < 4.78 is 11.3. The molecule has 1 unspecified atom stereocenters. The molecule has 0 aliphatic rings. The van der Waals surface area contributed by atoms with E-state index in [0.717, 1.165) is 12.2 Å². The van der Waals surface area contributed by atoms with Gasteiger partial charge in [0.15, 0.2) is 4.90 Å². The molecule has 0 saturated heterocycles. The monoisotopic (exact) mass is 228 g/mol. The Labute approximate surface area is 93.0 Å². The Bertz CT molecular complexity index is 307. The van der Waals surface area contributed by atoms with Gasteiger partial charge in [-0.25, -0.2) is 0 Å². The van der Waals surface area contributed by atoms with Gasteiger partial charge >= 0.3 is 0 Å². The second-order valence-electron chi connectivity index (χ2n) is 3.07. The average molecular weight is 228 g/mol. The van der Waals surface area contributed by atoms with Gasteiger partial charge in [0, 0.05) is 13.1 Å². The van der Waals surface area contributed by atoms with Crippen LogP contribution >= 0.6 is 0 Å². The van der Waals surface area contributed by atoms with Crippen LogP contribution in [-0.4, -0.2) is 29.4 Å². The Balaban J connectivity index is 2.99. The zero-order chi connectivity index (χ0) is 11.3. The molecule has 0 amide bonds. The minimum atomic E-state index is -1.49. The van der Waals surface area contributed by atoms with Crippen molar-refractivity contribution in [3.05, 3.63) is 24.3 Å². The summed E-state index contributed by atoms with van der Waals surface area (Å²) in [6.07, 6.45) is 0. The SMILES string of the molecule is CCN(CCO)c1ccccc1[S+](N)[O-]. The second kappa shape index (κ2) is 5.97. The molecule has 1 atom stereocenters. The van der Waals surface area contributed by atoms with Crippen LogP contribution < -0.4 is 10.0 Å². The number of aliphatic hydroxyl groups is 1. The van der Waals surface area contributed by atoms with Crippen molar-refractivity contribution in [3.63, 3.8) is 0 Å². The first-order valence-electron chi connectivity index (χ1n) is 4.81. The normalized spacial score (nSPS) is 12.5. The first-order valence-corrected chi connectivity index (χ1v) is 6.03. The predicted octanol–water partition coefficient (Wildman–Crippen LogP) is 0.487. The van der Waals surface area contributed by atoms with Gasteiger partial charge in [0.2, 0.25) is 0 Å². The van der Waals surface area contributed by atoms with E-state index in [0.29, 0.717) is 11.4 Å². The van der Waals surface area contributed by atoms with Gasteiger partial charge in [0.05, 0.1) is 23.7 Å². The summed E-state index contributed by atoms with van der Waals surface area (Å²) in [7, 11) is 0. The molecule has 15 heavy (non-hydrogen) atoms. The lowest BCUT2D eigenvalue weighted by molar-refractivity contribution is 0.302. The van der Waals surface area contributed by atoms with Crippen LogP contribution in [0.1, 0.15) is 6.92 Å². The molecule has 0 saturated carbocycles. The highest BCUT2D eigenvalue weighted by molar-refractivity contribution is 7.89. The maximum Gasteiger partial charge on any atom is 0.196 e. The van der Waals surface area contributed by atoms with E-state index in [1.54, 1.807) is 12.1 Å². The van der Waals surface area contributed by atoms with Gasteiger partial charge in [0.25, 0.3) is 0 Å². The van der Waals surface area contributed by atoms with Crippen molar-refractivity contribution < 1.29 is 9.66 Å². The number of likely N-dealkylation sites (N-methyl/N-ethyl adjacent to an activating group) is 1. The quantitative estimate of drug-likeness (QED) is 0.719. The summed E-state index contributed by atoms with van der Waals surface area (Å²) >= 11 is -1.49. The van der Waals surface area contributed by atoms with E-state index in [-0.39, 0.29) is 6.61 Å². The van der Waals surface area contributed by atoms with Crippen molar-refractivity contribution in [2.24, 2.45) is 5.14 Å². The van der Waals surface area contributed by atoms with Crippen LogP contribution in [0.3, 0.4) is 0 Å². The fraction of sp³-hybridized carbons (Fsp3) is 0.400. The molecule has 0 fully saturated rings. The van der Waals surface area contributed by atoms with Gasteiger partial charge < -0.3 is 14.6 Å². The van der Waals surface area contributed by atoms with E-state index in [2.05, 4.69) is 0 Å². The third-order valence-corrected chi connectivity index (χ3v) is 2.95. The van der Waals surface area contributed by atoms with Gasteiger partial charge in [-0.15, -0.1) is 5.14 Å². The number of aliphatic hydroxyl groups excluding tert-OH is 1. The molecule has 1 aromatic rings. The van der Waals surface area contributed by atoms with Gasteiger partial charge in [-0.1, -0.05) is 12.1 Å². The Morgan fingerprint density at radius 1 is 1.47 bits per heavy atom. The van der Waals surface area contributed by atoms with Crippen LogP contribution in [0.4, 0.5) is 5.69 Å². The molecular formula is C10H16N2O2S. The smallest absolute Gasteiger partial charge is 0.196 e. The first kappa shape index (κ1) is 12.3. The highest BCUT2D eigenvalue weighted by Crippen LogP contribution is 2.23. The standard InChI is InChI=1S/C10H16N2O2S/c1-2-12(7-8-13)9-5-3-4-6-10(9)15(11)14/h3-6,13H,2,7-8,11H2,1H3. The molecule has 0 aliphatic carbocycles. The van der Waals surface area contributed by atoms with Crippen molar-refractivity contribution in [2.45, 2.75) is 11.8 Å². The minimum Gasteiger partial charge on any atom is -0.593 e. The maximum atomic E-state index is 11.3. The molecule has 0 spiro atoms. The summed E-state index contributed by atoms with van der Waals surface area (Å²) in [6.45, 7) is 3.31. The highest BCUT2D eigenvalue weighted by Gasteiger charge is 2.16. The van der Waals surface area contributed by atoms with Crippen molar-refractivity contribution in [1.82, 2.24) is 0 Å². The Morgan fingerprint density at radius 3 is 2.67 bits per heavy atom. The fourth-order valence-electron chi connectivity index (χ4n) is 1.46. The van der Waals surface area contributed by atoms with Crippen LogP contribution in [0.25, 0.3) is 0 Å². The van der Waals surface area contributed by atoms with E-state index < -0.39 is 11.4 Å². The molecule has 4 nitrogen and oxygen atoms in total. The molecule has 0 aromatic heterocycles. The van der Waals surface area contributed by atoms with E-state index in [9.17, 15) is 4.55 Å². The lowest BCUT2D eigenvalue weighted by atomic mass is 10.3. The molecule has 84 valence electrons. The molecule has 0 radical (unpaired) electrons. The average Bonchev–Trinajstić information content (AvgIpc) is 2.26. The van der Waals surface area contributed by atoms with Gasteiger partial charge in [0.1, 0.15) is 0 Å². The summed E-state index contributed by atoms with van der Waals surface area (Å²) in [4.78, 5) is 2.55. The van der Waals surface area contributed by atoms with Crippen molar-refractivity contribution in [2.75, 3.05) is 24.6 Å². The zero-order valence-electron chi connectivity index (χ0n) is 8.72. The van der Waals surface area contributed by atoms with E-state index >= 15 is 0 Å². The summed E-state index contributed by atoms with van der Waals surface area (Å²) in [5, 5.41) is 14.3. The van der Waals surface area contributed by atoms with Gasteiger partial charge in [-0.3, -0.25) is 0 Å². The second-order valence-corrected chi connectivity index (χ2v) is 4.10. The summed E-state index contributed by atoms with van der Waals surface area (Å²) in [5.74, 6) is 0. The maximum absolute atomic E-state index is 11.3. The number of hydrogen-bond donors (Lipinski definition) is 2. The van der Waals surface area contributed by atoms with Crippen LogP contribution in [0.5, 0.6) is 0 Å². The molecule has 3 N–H and O–H groups in total. The number of benzene rings is 1. The first-order chi connectivity index (χ1) is 7.20. The molecule has 5 heteroatoms. The summed E-state index contributed by atoms with van der Waals surface area (Å²) in [5.41, 5.74) is 0.829. The number of hydrogen-bond acceptors (Lipinski definition) is 4. The van der Waals surface area contributed by atoms with Crippen molar-refractivity contribution in [3.8, 4) is 0 Å². The van der Waals surface area contributed by atoms with Gasteiger partial charge in [-0.2, -0.15) is 0 Å². The number of nitrogens with two attached hydrogens (primary N) is 1. The topological polar surface area (TPSA) is 72.5 Å². The van der Waals surface area contributed by atoms with E-state index in [1.807, 2.05) is 24.0 Å². The largest absolute Gasteiger partial charge is 0.593 e. The predicted molar refractivity (Wildman–Crippen MR) is 62.0 cm³/mol. The van der Waals surface area contributed by atoms with Gasteiger partial charge in [-0.05, 0) is 19.1 Å². The number of para-hydroxylation sites is 1. The molecule has 0 heterocycles.